The van der Waals surface area contributed by atoms with Crippen molar-refractivity contribution in [2.24, 2.45) is 0 Å². The van der Waals surface area contributed by atoms with E-state index >= 15 is 0 Å². The van der Waals surface area contributed by atoms with E-state index < -0.39 is 0 Å². The third kappa shape index (κ3) is 1.44. The molecule has 2 aromatic heterocycles. The summed E-state index contributed by atoms with van der Waals surface area (Å²) >= 11 is 0. The first-order valence-corrected chi connectivity index (χ1v) is 4.11. The zero-order chi connectivity index (χ0) is 8.97. The van der Waals surface area contributed by atoms with Crippen molar-refractivity contribution < 1.29 is 0 Å². The molecule has 0 saturated heterocycles. The maximum atomic E-state index is 4.12. The predicted molar refractivity (Wildman–Crippen MR) is 49.1 cm³/mol. The van der Waals surface area contributed by atoms with E-state index in [0.717, 1.165) is 11.3 Å². The summed E-state index contributed by atoms with van der Waals surface area (Å²) in [5.74, 6) is 0. The minimum atomic E-state index is 0.903. The second kappa shape index (κ2) is 3.85. The summed E-state index contributed by atoms with van der Waals surface area (Å²) in [6, 6.07) is 0. The quantitative estimate of drug-likeness (QED) is 0.595. The van der Waals surface area contributed by atoms with Gasteiger partial charge in [0, 0.05) is 24.3 Å². The average molecular weight is 163 g/mol. The van der Waals surface area contributed by atoms with Gasteiger partial charge in [0.15, 0.2) is 5.65 Å². The molecule has 2 aromatic rings. The van der Waals surface area contributed by atoms with Crippen LogP contribution < -0.4 is 0 Å². The number of nitrogens with zero attached hydrogens (tertiary/aromatic N) is 3. The van der Waals surface area contributed by atoms with Crippen molar-refractivity contribution in [3.8, 4) is 0 Å². The van der Waals surface area contributed by atoms with Gasteiger partial charge in [0.2, 0.25) is 0 Å². The Labute approximate surface area is 72.1 Å². The number of aryl methyl sites for hydroxylation is 1. The summed E-state index contributed by atoms with van der Waals surface area (Å²) in [5.41, 5.74) is 2.04. The fourth-order valence-corrected chi connectivity index (χ4v) is 0.969. The Hall–Kier alpha value is -1.38. The molecule has 0 bridgehead atoms. The molecule has 64 valence electrons. The van der Waals surface area contributed by atoms with Crippen molar-refractivity contribution in [2.75, 3.05) is 0 Å². The van der Waals surface area contributed by atoms with Gasteiger partial charge in [-0.05, 0) is 6.92 Å². The molecule has 0 saturated carbocycles. The highest BCUT2D eigenvalue weighted by Crippen LogP contribution is 2.01. The number of imidazole rings is 1. The summed E-state index contributed by atoms with van der Waals surface area (Å²) in [4.78, 5) is 8.06. The van der Waals surface area contributed by atoms with E-state index in [0.29, 0.717) is 0 Å². The number of aromatic nitrogens is 3. The number of fused-ring (bicyclic) bond motifs is 1. The standard InChI is InChI=1S/C7H7N3.C2H6/c1-6-4-9-7-5-8-2-3-10(6)7;1-2/h2-5H,1H3;1-2H3. The van der Waals surface area contributed by atoms with Gasteiger partial charge in [-0.25, -0.2) is 4.98 Å². The molecule has 12 heavy (non-hydrogen) atoms. The van der Waals surface area contributed by atoms with Gasteiger partial charge in [0.1, 0.15) is 0 Å². The summed E-state index contributed by atoms with van der Waals surface area (Å²) in [6.07, 6.45) is 7.23. The molecule has 3 heteroatoms. The van der Waals surface area contributed by atoms with Crippen molar-refractivity contribution in [1.82, 2.24) is 14.4 Å². The van der Waals surface area contributed by atoms with Gasteiger partial charge in [-0.15, -0.1) is 0 Å². The Morgan fingerprint density at radius 2 is 2.00 bits per heavy atom. The lowest BCUT2D eigenvalue weighted by Gasteiger charge is -1.91. The lowest BCUT2D eigenvalue weighted by Crippen LogP contribution is -1.85. The van der Waals surface area contributed by atoms with Crippen LogP contribution in [0.15, 0.2) is 24.8 Å². The zero-order valence-corrected chi connectivity index (χ0v) is 7.65. The molecule has 0 N–H and O–H groups in total. The molecular weight excluding hydrogens is 150 g/mol. The van der Waals surface area contributed by atoms with Gasteiger partial charge >= 0.3 is 0 Å². The van der Waals surface area contributed by atoms with Crippen LogP contribution in [0, 0.1) is 6.92 Å². The van der Waals surface area contributed by atoms with E-state index in [-0.39, 0.29) is 0 Å². The minimum absolute atomic E-state index is 0.903. The Balaban J connectivity index is 0.000000336. The summed E-state index contributed by atoms with van der Waals surface area (Å²) in [5, 5.41) is 0. The Morgan fingerprint density at radius 1 is 1.25 bits per heavy atom. The Kier molecular flexibility index (Phi) is 2.80. The maximum Gasteiger partial charge on any atom is 0.155 e. The smallest absolute Gasteiger partial charge is 0.155 e. The average Bonchev–Trinajstić information content (AvgIpc) is 2.53. The van der Waals surface area contributed by atoms with Crippen molar-refractivity contribution in [3.63, 3.8) is 0 Å². The van der Waals surface area contributed by atoms with Gasteiger partial charge in [-0.3, -0.25) is 4.98 Å². The third-order valence-electron chi connectivity index (χ3n) is 1.50. The second-order valence-electron chi connectivity index (χ2n) is 2.20. The van der Waals surface area contributed by atoms with Gasteiger partial charge < -0.3 is 4.40 Å². The van der Waals surface area contributed by atoms with Gasteiger partial charge in [0.25, 0.3) is 0 Å². The van der Waals surface area contributed by atoms with Gasteiger partial charge in [-0.2, -0.15) is 0 Å². The van der Waals surface area contributed by atoms with Gasteiger partial charge in [0.05, 0.1) is 6.20 Å². The number of rotatable bonds is 0. The van der Waals surface area contributed by atoms with Crippen LogP contribution in [0.3, 0.4) is 0 Å². The molecule has 3 nitrogen and oxygen atoms in total. The Bertz CT molecular complexity index is 351. The molecule has 0 spiro atoms. The Morgan fingerprint density at radius 3 is 2.67 bits per heavy atom. The predicted octanol–water partition coefficient (Wildman–Crippen LogP) is 2.06. The number of hydrogen-bond acceptors (Lipinski definition) is 2. The molecule has 0 fully saturated rings. The van der Waals surface area contributed by atoms with E-state index in [2.05, 4.69) is 9.97 Å². The molecule has 0 aliphatic heterocycles. The highest BCUT2D eigenvalue weighted by molar-refractivity contribution is 5.36. The van der Waals surface area contributed by atoms with Crippen LogP contribution in [-0.4, -0.2) is 14.4 Å². The van der Waals surface area contributed by atoms with Crippen LogP contribution in [0.2, 0.25) is 0 Å². The molecule has 0 aliphatic carbocycles. The van der Waals surface area contributed by atoms with Crippen LogP contribution in [0.5, 0.6) is 0 Å². The molecule has 0 radical (unpaired) electrons. The van der Waals surface area contributed by atoms with E-state index in [1.165, 1.54) is 0 Å². The summed E-state index contributed by atoms with van der Waals surface area (Å²) < 4.78 is 1.99. The molecule has 2 heterocycles. The lowest BCUT2D eigenvalue weighted by atomic mass is 10.5. The molecular formula is C9H13N3. The largest absolute Gasteiger partial charge is 0.302 e. The maximum absolute atomic E-state index is 4.12. The molecule has 0 aromatic carbocycles. The van der Waals surface area contributed by atoms with Crippen LogP contribution in [0.4, 0.5) is 0 Å². The topological polar surface area (TPSA) is 30.2 Å². The fraction of sp³-hybridized carbons (Fsp3) is 0.333. The van der Waals surface area contributed by atoms with E-state index in [1.54, 1.807) is 12.4 Å². The van der Waals surface area contributed by atoms with Gasteiger partial charge in [-0.1, -0.05) is 13.8 Å². The molecule has 2 rings (SSSR count). The highest BCUT2D eigenvalue weighted by Gasteiger charge is 1.94. The second-order valence-corrected chi connectivity index (χ2v) is 2.20. The van der Waals surface area contributed by atoms with E-state index in [9.17, 15) is 0 Å². The van der Waals surface area contributed by atoms with Crippen molar-refractivity contribution in [2.45, 2.75) is 20.8 Å². The van der Waals surface area contributed by atoms with Crippen LogP contribution in [0.1, 0.15) is 19.5 Å². The van der Waals surface area contributed by atoms with Crippen molar-refractivity contribution in [3.05, 3.63) is 30.5 Å². The van der Waals surface area contributed by atoms with Crippen LogP contribution >= 0.6 is 0 Å². The van der Waals surface area contributed by atoms with Crippen molar-refractivity contribution in [1.29, 1.82) is 0 Å². The normalized spacial score (nSPS) is 9.25. The first-order valence-electron chi connectivity index (χ1n) is 4.11. The van der Waals surface area contributed by atoms with Crippen molar-refractivity contribution >= 4 is 5.65 Å². The van der Waals surface area contributed by atoms with E-state index in [1.807, 2.05) is 37.6 Å². The molecule has 0 unspecified atom stereocenters. The minimum Gasteiger partial charge on any atom is -0.302 e. The van der Waals surface area contributed by atoms with E-state index in [4.69, 9.17) is 0 Å². The number of hydrogen-bond donors (Lipinski definition) is 0. The monoisotopic (exact) mass is 163 g/mol. The summed E-state index contributed by atoms with van der Waals surface area (Å²) in [6.45, 7) is 6.01. The first kappa shape index (κ1) is 8.71. The zero-order valence-electron chi connectivity index (χ0n) is 7.65. The third-order valence-corrected chi connectivity index (χ3v) is 1.50. The fourth-order valence-electron chi connectivity index (χ4n) is 0.969. The SMILES string of the molecule is CC.Cc1cnc2cnccn12. The first-order chi connectivity index (χ1) is 5.88. The van der Waals surface area contributed by atoms with Crippen LogP contribution in [0.25, 0.3) is 5.65 Å². The molecule has 0 amide bonds. The molecule has 0 aliphatic rings. The molecule has 0 atom stereocenters. The van der Waals surface area contributed by atoms with Crippen LogP contribution in [-0.2, 0) is 0 Å². The highest BCUT2D eigenvalue weighted by atomic mass is 15.0. The lowest BCUT2D eigenvalue weighted by molar-refractivity contribution is 1.07. The summed E-state index contributed by atoms with van der Waals surface area (Å²) in [7, 11) is 0.